The second-order valence-electron chi connectivity index (χ2n) is 7.31. The van der Waals surface area contributed by atoms with Crippen molar-refractivity contribution in [1.82, 2.24) is 14.9 Å². The number of carbonyl (C=O) groups is 1. The number of nitrogens with one attached hydrogen (secondary N) is 1. The fourth-order valence-electron chi connectivity index (χ4n) is 4.00. The predicted octanol–water partition coefficient (Wildman–Crippen LogP) is 2.00. The quantitative estimate of drug-likeness (QED) is 0.872. The summed E-state index contributed by atoms with van der Waals surface area (Å²) in [6, 6.07) is 8.21. The van der Waals surface area contributed by atoms with Gasteiger partial charge in [0, 0.05) is 42.1 Å². The third-order valence-electron chi connectivity index (χ3n) is 5.65. The highest BCUT2D eigenvalue weighted by Gasteiger charge is 2.45. The summed E-state index contributed by atoms with van der Waals surface area (Å²) in [6.07, 6.45) is 2.79. The number of piperazine rings is 1. The van der Waals surface area contributed by atoms with Gasteiger partial charge in [0.05, 0.1) is 13.7 Å². The van der Waals surface area contributed by atoms with E-state index in [0.29, 0.717) is 18.6 Å². The monoisotopic (exact) mass is 367 g/mol. The summed E-state index contributed by atoms with van der Waals surface area (Å²) in [5, 5.41) is 2.97. The zero-order valence-electron chi connectivity index (χ0n) is 16.0. The first kappa shape index (κ1) is 17.7. The van der Waals surface area contributed by atoms with Crippen molar-refractivity contribution in [3.8, 4) is 5.75 Å². The lowest BCUT2D eigenvalue weighted by molar-refractivity contribution is -0.121. The molecule has 5 rings (SSSR count). The summed E-state index contributed by atoms with van der Waals surface area (Å²) in [7, 11) is 1.63. The van der Waals surface area contributed by atoms with Crippen molar-refractivity contribution >= 4 is 17.4 Å². The first-order chi connectivity index (χ1) is 13.0. The minimum atomic E-state index is 0.0253. The Labute approximate surface area is 159 Å². The number of rotatable bonds is 5. The molecule has 3 fully saturated rings. The third kappa shape index (κ3) is 3.47. The van der Waals surface area contributed by atoms with E-state index in [1.54, 1.807) is 13.4 Å². The number of ether oxygens (including phenoxy) is 1. The number of benzene rings is 1. The van der Waals surface area contributed by atoms with Crippen LogP contribution in [0.25, 0.3) is 0 Å². The Bertz CT molecular complexity index is 827. The van der Waals surface area contributed by atoms with Gasteiger partial charge < -0.3 is 15.0 Å². The highest BCUT2D eigenvalue weighted by atomic mass is 16.5. The molecule has 2 aromatic rings. The summed E-state index contributed by atoms with van der Waals surface area (Å²) in [5.41, 5.74) is 2.96. The summed E-state index contributed by atoms with van der Waals surface area (Å²) in [5.74, 6) is 1.83. The fourth-order valence-corrected chi connectivity index (χ4v) is 4.00. The number of methoxy groups -OCH3 is 1. The van der Waals surface area contributed by atoms with Crippen LogP contribution in [0.4, 0.5) is 11.5 Å². The van der Waals surface area contributed by atoms with Crippen molar-refractivity contribution in [1.29, 1.82) is 0 Å². The van der Waals surface area contributed by atoms with Crippen LogP contribution in [0.5, 0.6) is 5.75 Å². The Morgan fingerprint density at radius 3 is 2.56 bits per heavy atom. The van der Waals surface area contributed by atoms with Gasteiger partial charge in [0.15, 0.2) is 0 Å². The lowest BCUT2D eigenvalue weighted by atomic mass is 9.87. The molecule has 2 bridgehead atoms. The minimum absolute atomic E-state index is 0.0253. The molecule has 142 valence electrons. The van der Waals surface area contributed by atoms with Crippen LogP contribution in [0.1, 0.15) is 17.7 Å². The number of amides is 1. The van der Waals surface area contributed by atoms with Gasteiger partial charge in [0.25, 0.3) is 0 Å². The van der Waals surface area contributed by atoms with E-state index in [2.05, 4.69) is 32.0 Å². The van der Waals surface area contributed by atoms with Crippen LogP contribution >= 0.6 is 0 Å². The Hall–Kier alpha value is -2.67. The number of aryl methyl sites for hydroxylation is 1. The molecular weight excluding hydrogens is 342 g/mol. The zero-order valence-corrected chi connectivity index (χ0v) is 16.0. The summed E-state index contributed by atoms with van der Waals surface area (Å²) >= 11 is 0. The van der Waals surface area contributed by atoms with E-state index >= 15 is 0 Å². The minimum Gasteiger partial charge on any atom is -0.497 e. The summed E-state index contributed by atoms with van der Waals surface area (Å²) < 4.78 is 5.14. The number of fused-ring (bicyclic) bond motifs is 2. The van der Waals surface area contributed by atoms with Crippen LogP contribution in [0, 0.1) is 13.8 Å². The van der Waals surface area contributed by atoms with E-state index in [9.17, 15) is 4.79 Å². The van der Waals surface area contributed by atoms with Crippen molar-refractivity contribution < 1.29 is 9.53 Å². The molecule has 3 aliphatic heterocycles. The second kappa shape index (κ2) is 7.15. The van der Waals surface area contributed by atoms with Crippen LogP contribution in [-0.2, 0) is 4.79 Å². The molecule has 2 unspecified atom stereocenters. The van der Waals surface area contributed by atoms with Gasteiger partial charge in [0.2, 0.25) is 5.91 Å². The predicted molar refractivity (Wildman–Crippen MR) is 104 cm³/mol. The maximum atomic E-state index is 12.4. The molecular formula is C20H25N5O2. The molecule has 1 aromatic heterocycles. The highest BCUT2D eigenvalue weighted by molar-refractivity contribution is 5.92. The highest BCUT2D eigenvalue weighted by Crippen LogP contribution is 2.34. The molecule has 0 radical (unpaired) electrons. The zero-order chi connectivity index (χ0) is 19.0. The standard InChI is InChI=1S/C20H25N5O2/c1-13-14(2)21-12-22-20(13)24-9-16-8-17(10-24)25(16)11-19(26)23-15-4-6-18(27-3)7-5-15/h4-7,12,16-17H,8-11H2,1-3H3,(H,23,26). The van der Waals surface area contributed by atoms with Gasteiger partial charge in [-0.2, -0.15) is 0 Å². The van der Waals surface area contributed by atoms with Crippen LogP contribution in [-0.4, -0.2) is 59.6 Å². The number of piperidine rings is 1. The molecule has 3 saturated heterocycles. The van der Waals surface area contributed by atoms with Crippen molar-refractivity contribution in [2.45, 2.75) is 32.4 Å². The van der Waals surface area contributed by atoms with Crippen LogP contribution < -0.4 is 15.0 Å². The number of anilines is 2. The molecule has 1 amide bonds. The molecule has 1 N–H and O–H groups in total. The van der Waals surface area contributed by atoms with Crippen LogP contribution in [0.2, 0.25) is 0 Å². The van der Waals surface area contributed by atoms with E-state index in [0.717, 1.165) is 48.0 Å². The van der Waals surface area contributed by atoms with Gasteiger partial charge >= 0.3 is 0 Å². The Balaban J connectivity index is 1.34. The van der Waals surface area contributed by atoms with E-state index in [4.69, 9.17) is 4.74 Å². The molecule has 2 atom stereocenters. The van der Waals surface area contributed by atoms with Gasteiger partial charge in [-0.3, -0.25) is 9.69 Å². The number of aromatic nitrogens is 2. The molecule has 0 aliphatic carbocycles. The number of carbonyl (C=O) groups excluding carboxylic acids is 1. The lowest BCUT2D eigenvalue weighted by Crippen LogP contribution is -2.70. The molecule has 0 saturated carbocycles. The molecule has 7 heteroatoms. The topological polar surface area (TPSA) is 70.6 Å². The second-order valence-corrected chi connectivity index (χ2v) is 7.31. The average Bonchev–Trinajstić information content (AvgIpc) is 2.69. The summed E-state index contributed by atoms with van der Waals surface area (Å²) in [6.45, 7) is 6.33. The number of hydrogen-bond acceptors (Lipinski definition) is 6. The normalized spacial score (nSPS) is 21.5. The number of nitrogens with zero attached hydrogens (tertiary/aromatic N) is 4. The number of hydrogen-bond donors (Lipinski definition) is 1. The first-order valence-corrected chi connectivity index (χ1v) is 9.28. The van der Waals surface area contributed by atoms with E-state index < -0.39 is 0 Å². The third-order valence-corrected chi connectivity index (χ3v) is 5.65. The molecule has 1 aromatic carbocycles. The van der Waals surface area contributed by atoms with Crippen molar-refractivity contribution in [2.24, 2.45) is 0 Å². The molecule has 27 heavy (non-hydrogen) atoms. The molecule has 7 nitrogen and oxygen atoms in total. The average molecular weight is 367 g/mol. The maximum Gasteiger partial charge on any atom is 0.238 e. The van der Waals surface area contributed by atoms with E-state index in [1.165, 1.54) is 0 Å². The SMILES string of the molecule is COc1ccc(NC(=O)CN2C3CC2CN(c2ncnc(C)c2C)C3)cc1. The van der Waals surface area contributed by atoms with Gasteiger partial charge in [-0.15, -0.1) is 0 Å². The lowest BCUT2D eigenvalue weighted by Gasteiger charge is -2.56. The van der Waals surface area contributed by atoms with Gasteiger partial charge in [0.1, 0.15) is 17.9 Å². The van der Waals surface area contributed by atoms with Crippen molar-refractivity contribution in [3.05, 3.63) is 41.9 Å². The first-order valence-electron chi connectivity index (χ1n) is 9.28. The molecule has 3 aliphatic rings. The van der Waals surface area contributed by atoms with Crippen molar-refractivity contribution in [3.63, 3.8) is 0 Å². The van der Waals surface area contributed by atoms with Crippen LogP contribution in [0.3, 0.4) is 0 Å². The van der Waals surface area contributed by atoms with Gasteiger partial charge in [-0.05, 0) is 44.5 Å². The van der Waals surface area contributed by atoms with Gasteiger partial charge in [-0.25, -0.2) is 9.97 Å². The Morgan fingerprint density at radius 2 is 1.89 bits per heavy atom. The molecule has 4 heterocycles. The maximum absolute atomic E-state index is 12.4. The van der Waals surface area contributed by atoms with Crippen molar-refractivity contribution in [2.75, 3.05) is 37.0 Å². The Morgan fingerprint density at radius 1 is 1.19 bits per heavy atom. The van der Waals surface area contributed by atoms with Crippen LogP contribution in [0.15, 0.2) is 30.6 Å². The smallest absolute Gasteiger partial charge is 0.238 e. The molecule has 0 spiro atoms. The van der Waals surface area contributed by atoms with Gasteiger partial charge in [-0.1, -0.05) is 0 Å². The Kier molecular flexibility index (Phi) is 4.70. The largest absolute Gasteiger partial charge is 0.497 e. The summed E-state index contributed by atoms with van der Waals surface area (Å²) in [4.78, 5) is 25.8. The van der Waals surface area contributed by atoms with E-state index in [1.807, 2.05) is 31.2 Å². The van der Waals surface area contributed by atoms with E-state index in [-0.39, 0.29) is 5.91 Å². The fraction of sp³-hybridized carbons (Fsp3) is 0.450.